The summed E-state index contributed by atoms with van der Waals surface area (Å²) in [5.74, 6) is 7.04. The van der Waals surface area contributed by atoms with E-state index in [1.54, 1.807) is 5.57 Å². The van der Waals surface area contributed by atoms with Crippen LogP contribution in [0.15, 0.2) is 23.8 Å². The summed E-state index contributed by atoms with van der Waals surface area (Å²) < 4.78 is 5.36. The predicted octanol–water partition coefficient (Wildman–Crippen LogP) is 10.1. The Balaban J connectivity index is 0.000000403. The van der Waals surface area contributed by atoms with Crippen molar-refractivity contribution >= 4 is 0 Å². The molecule has 0 aromatic rings. The zero-order valence-electron chi connectivity index (χ0n) is 27.6. The fourth-order valence-corrected chi connectivity index (χ4v) is 9.37. The number of rotatable bonds is 9. The summed E-state index contributed by atoms with van der Waals surface area (Å²) in [7, 11) is 0. The Bertz CT molecular complexity index is 800. The lowest BCUT2D eigenvalue weighted by Gasteiger charge is -2.58. The monoisotopic (exact) mass is 543 g/mol. The number of hydrogen-bond donors (Lipinski definition) is 1. The average Bonchev–Trinajstić information content (AvgIpc) is 3.22. The maximum atomic E-state index is 10.2. The Hall–Kier alpha value is -0.600. The summed E-state index contributed by atoms with van der Waals surface area (Å²) in [6, 6.07) is 0. The molecule has 1 N–H and O–H groups in total. The van der Waals surface area contributed by atoms with Crippen molar-refractivity contribution in [1.82, 2.24) is 0 Å². The molecule has 2 nitrogen and oxygen atoms in total. The first kappa shape index (κ1) is 32.9. The van der Waals surface area contributed by atoms with Gasteiger partial charge in [0.1, 0.15) is 0 Å². The first-order valence-corrected chi connectivity index (χ1v) is 17.0. The van der Waals surface area contributed by atoms with E-state index in [0.29, 0.717) is 28.6 Å². The van der Waals surface area contributed by atoms with Crippen LogP contribution >= 0.6 is 0 Å². The van der Waals surface area contributed by atoms with Gasteiger partial charge in [0, 0.05) is 13.2 Å². The van der Waals surface area contributed by atoms with Crippen LogP contribution in [0.2, 0.25) is 0 Å². The normalized spacial score (nSPS) is 37.7. The van der Waals surface area contributed by atoms with Gasteiger partial charge in [0.05, 0.1) is 6.10 Å². The van der Waals surface area contributed by atoms with Crippen molar-refractivity contribution in [3.63, 3.8) is 0 Å². The van der Waals surface area contributed by atoms with Crippen molar-refractivity contribution in [1.29, 1.82) is 0 Å². The largest absolute Gasteiger partial charge is 0.393 e. The zero-order chi connectivity index (χ0) is 29.0. The van der Waals surface area contributed by atoms with E-state index in [2.05, 4.69) is 87.5 Å². The fourth-order valence-electron chi connectivity index (χ4n) is 9.37. The third-order valence-electron chi connectivity index (χ3n) is 11.7. The molecule has 0 heterocycles. The van der Waals surface area contributed by atoms with Gasteiger partial charge in [0.25, 0.3) is 0 Å². The summed E-state index contributed by atoms with van der Waals surface area (Å²) >= 11 is 0. The summed E-state index contributed by atoms with van der Waals surface area (Å²) in [4.78, 5) is 0. The number of aliphatic hydroxyl groups excluding tert-OH is 1. The quantitative estimate of drug-likeness (QED) is 0.294. The Morgan fingerprint density at radius 1 is 0.897 bits per heavy atom. The molecule has 0 amide bonds. The lowest BCUT2D eigenvalue weighted by molar-refractivity contribution is -0.0540. The molecular formula is C37H66O2. The number of aliphatic hydroxyl groups is 1. The van der Waals surface area contributed by atoms with E-state index in [-0.39, 0.29) is 6.10 Å². The van der Waals surface area contributed by atoms with Gasteiger partial charge in [-0.2, -0.15) is 0 Å². The van der Waals surface area contributed by atoms with E-state index in [1.165, 1.54) is 44.9 Å². The molecule has 0 unspecified atom stereocenters. The van der Waals surface area contributed by atoms with Crippen molar-refractivity contribution in [2.24, 2.45) is 64.1 Å². The summed E-state index contributed by atoms with van der Waals surface area (Å²) in [6.45, 7) is 25.3. The highest BCUT2D eigenvalue weighted by atomic mass is 16.5. The second-order valence-corrected chi connectivity index (χ2v) is 15.8. The van der Waals surface area contributed by atoms with Crippen molar-refractivity contribution in [3.05, 3.63) is 23.8 Å². The van der Waals surface area contributed by atoms with E-state index in [9.17, 15) is 5.11 Å². The van der Waals surface area contributed by atoms with Gasteiger partial charge in [0.2, 0.25) is 0 Å². The van der Waals surface area contributed by atoms with Crippen molar-refractivity contribution in [2.75, 3.05) is 13.2 Å². The minimum absolute atomic E-state index is 0.0870. The molecule has 4 aliphatic rings. The van der Waals surface area contributed by atoms with Gasteiger partial charge >= 0.3 is 0 Å². The fraction of sp³-hybridized carbons (Fsp3) is 0.892. The zero-order valence-corrected chi connectivity index (χ0v) is 27.6. The lowest BCUT2D eigenvalue weighted by Crippen LogP contribution is -2.50. The standard InChI is InChI=1S/C29H48O.C8H18O/c1-7-21(19(2)3)9-8-20(4)25-12-13-26-24-11-10-22-18-23(30)14-16-28(22,5)27(24)15-17-29(25,26)6;1-7(2)5-9-6-8(3)4/h8-10,19-21,23-27,30H,7,11-18H2,1-6H3;7-8H,5-6H2,1-4H3/b9-8+;/t20-,21-,23+,24+,25-,26+,27+,28+,29-;/m1./s1. The Morgan fingerprint density at radius 3 is 2.15 bits per heavy atom. The van der Waals surface area contributed by atoms with Crippen molar-refractivity contribution < 1.29 is 9.84 Å². The van der Waals surface area contributed by atoms with Crippen LogP contribution in [0.4, 0.5) is 0 Å². The number of hydrogen-bond acceptors (Lipinski definition) is 2. The van der Waals surface area contributed by atoms with Crippen LogP contribution in [0.3, 0.4) is 0 Å². The molecule has 0 bridgehead atoms. The van der Waals surface area contributed by atoms with Crippen LogP contribution in [-0.2, 0) is 4.74 Å². The summed E-state index contributed by atoms with van der Waals surface area (Å²) in [6.07, 6.45) is 19.1. The van der Waals surface area contributed by atoms with E-state index in [0.717, 1.165) is 61.6 Å². The van der Waals surface area contributed by atoms with Gasteiger partial charge in [-0.05, 0) is 122 Å². The van der Waals surface area contributed by atoms with E-state index >= 15 is 0 Å². The SMILES string of the molecule is CC(C)COCC(C)C.CC[C@H](/C=C/[C@@H](C)[C@H]1CC[C@H]2[C@@H]3CC=C4C[C@@H](O)CC[C@]4(C)[C@H]3CC[C@]12C)C(C)C. The molecule has 4 rings (SSSR count). The molecule has 226 valence electrons. The van der Waals surface area contributed by atoms with Crippen molar-refractivity contribution in [3.8, 4) is 0 Å². The molecule has 0 saturated heterocycles. The number of fused-ring (bicyclic) bond motifs is 5. The molecule has 39 heavy (non-hydrogen) atoms. The van der Waals surface area contributed by atoms with Crippen molar-refractivity contribution in [2.45, 2.75) is 133 Å². The Labute approximate surface area is 243 Å². The van der Waals surface area contributed by atoms with Crippen LogP contribution < -0.4 is 0 Å². The lowest BCUT2D eigenvalue weighted by atomic mass is 9.47. The maximum absolute atomic E-state index is 10.2. The Kier molecular flexibility index (Phi) is 11.9. The van der Waals surface area contributed by atoms with Crippen LogP contribution in [0.5, 0.6) is 0 Å². The molecule has 0 aromatic carbocycles. The molecule has 0 radical (unpaired) electrons. The molecular weight excluding hydrogens is 476 g/mol. The topological polar surface area (TPSA) is 29.5 Å². The molecule has 9 atom stereocenters. The average molecular weight is 543 g/mol. The van der Waals surface area contributed by atoms with Gasteiger partial charge < -0.3 is 9.84 Å². The predicted molar refractivity (Wildman–Crippen MR) is 169 cm³/mol. The van der Waals surface area contributed by atoms with Crippen LogP contribution in [0, 0.1) is 64.1 Å². The highest BCUT2D eigenvalue weighted by Crippen LogP contribution is 2.67. The molecule has 0 aliphatic heterocycles. The van der Waals surface area contributed by atoms with Crippen LogP contribution in [0.25, 0.3) is 0 Å². The van der Waals surface area contributed by atoms with E-state index < -0.39 is 0 Å². The van der Waals surface area contributed by atoms with E-state index in [4.69, 9.17) is 4.74 Å². The summed E-state index contributed by atoms with van der Waals surface area (Å²) in [5, 5.41) is 10.2. The Morgan fingerprint density at radius 2 is 1.56 bits per heavy atom. The third-order valence-corrected chi connectivity index (χ3v) is 11.7. The molecule has 3 fully saturated rings. The van der Waals surface area contributed by atoms with Crippen LogP contribution in [-0.4, -0.2) is 24.4 Å². The van der Waals surface area contributed by atoms with E-state index in [1.807, 2.05) is 0 Å². The molecule has 0 aromatic heterocycles. The minimum Gasteiger partial charge on any atom is -0.393 e. The maximum Gasteiger partial charge on any atom is 0.0577 e. The second kappa shape index (κ2) is 14.0. The molecule has 4 aliphatic carbocycles. The third kappa shape index (κ3) is 7.63. The molecule has 0 spiro atoms. The number of ether oxygens (including phenoxy) is 1. The highest BCUT2D eigenvalue weighted by Gasteiger charge is 2.58. The molecule has 2 heteroatoms. The van der Waals surface area contributed by atoms with Gasteiger partial charge in [-0.25, -0.2) is 0 Å². The number of allylic oxidation sites excluding steroid dienone is 3. The first-order valence-electron chi connectivity index (χ1n) is 17.0. The van der Waals surface area contributed by atoms with Crippen LogP contribution in [0.1, 0.15) is 127 Å². The molecule has 3 saturated carbocycles. The minimum atomic E-state index is -0.0870. The van der Waals surface area contributed by atoms with Gasteiger partial charge in [-0.3, -0.25) is 0 Å². The second-order valence-electron chi connectivity index (χ2n) is 15.8. The smallest absolute Gasteiger partial charge is 0.0577 e. The first-order chi connectivity index (χ1) is 18.3. The van der Waals surface area contributed by atoms with Gasteiger partial charge in [-0.1, -0.05) is 93.0 Å². The highest BCUT2D eigenvalue weighted by molar-refractivity contribution is 5.25. The summed E-state index contributed by atoms with van der Waals surface area (Å²) in [5.41, 5.74) is 2.51. The van der Waals surface area contributed by atoms with Gasteiger partial charge in [0.15, 0.2) is 0 Å². The van der Waals surface area contributed by atoms with Gasteiger partial charge in [-0.15, -0.1) is 0 Å².